The number of amides is 1. The minimum absolute atomic E-state index is 0.109. The lowest BCUT2D eigenvalue weighted by atomic mass is 9.97. The van der Waals surface area contributed by atoms with Crippen molar-refractivity contribution < 1.29 is 14.7 Å². The highest BCUT2D eigenvalue weighted by Gasteiger charge is 2.20. The fourth-order valence-electron chi connectivity index (χ4n) is 2.51. The number of nitrogens with one attached hydrogen (secondary N) is 2. The zero-order valence-electron chi connectivity index (χ0n) is 11.9. The molecule has 1 aliphatic rings. The van der Waals surface area contributed by atoms with E-state index in [1.165, 1.54) is 12.8 Å². The Morgan fingerprint density at radius 1 is 1.26 bits per heavy atom. The number of rotatable bonds is 8. The van der Waals surface area contributed by atoms with Gasteiger partial charge in [-0.15, -0.1) is 0 Å². The van der Waals surface area contributed by atoms with Crippen molar-refractivity contribution in [3.63, 3.8) is 0 Å². The van der Waals surface area contributed by atoms with Crippen molar-refractivity contribution in [1.29, 1.82) is 0 Å². The van der Waals surface area contributed by atoms with Crippen LogP contribution in [-0.4, -0.2) is 36.1 Å². The molecule has 3 N–H and O–H groups in total. The maximum atomic E-state index is 11.6. The van der Waals surface area contributed by atoms with Crippen LogP contribution in [0.25, 0.3) is 0 Å². The van der Waals surface area contributed by atoms with Crippen LogP contribution in [0.1, 0.15) is 46.0 Å². The van der Waals surface area contributed by atoms with E-state index in [0.717, 1.165) is 12.8 Å². The Bertz CT molecular complexity index is 299. The van der Waals surface area contributed by atoms with Gasteiger partial charge in [-0.05, 0) is 25.2 Å². The largest absolute Gasteiger partial charge is 0.481 e. The highest BCUT2D eigenvalue weighted by molar-refractivity contribution is 5.79. The molecule has 5 heteroatoms. The topological polar surface area (TPSA) is 78.4 Å². The first kappa shape index (κ1) is 16.0. The number of carbonyl (C=O) groups is 2. The maximum Gasteiger partial charge on any atom is 0.308 e. The smallest absolute Gasteiger partial charge is 0.308 e. The zero-order valence-corrected chi connectivity index (χ0v) is 11.9. The number of carboxylic acids is 1. The Balaban J connectivity index is 2.21. The van der Waals surface area contributed by atoms with E-state index in [1.807, 2.05) is 13.8 Å². The molecule has 0 heterocycles. The predicted octanol–water partition coefficient (Wildman–Crippen LogP) is 1.38. The fourth-order valence-corrected chi connectivity index (χ4v) is 2.51. The Morgan fingerprint density at radius 2 is 1.89 bits per heavy atom. The molecule has 1 saturated carbocycles. The van der Waals surface area contributed by atoms with Crippen LogP contribution in [-0.2, 0) is 9.59 Å². The van der Waals surface area contributed by atoms with Crippen LogP contribution in [0.4, 0.5) is 0 Å². The fraction of sp³-hybridized carbons (Fsp3) is 0.857. The number of aliphatic carboxylic acids is 1. The van der Waals surface area contributed by atoms with E-state index < -0.39 is 11.9 Å². The third-order valence-electron chi connectivity index (χ3n) is 3.56. The summed E-state index contributed by atoms with van der Waals surface area (Å²) in [6.07, 6.45) is 5.33. The minimum Gasteiger partial charge on any atom is -0.481 e. The van der Waals surface area contributed by atoms with Crippen molar-refractivity contribution >= 4 is 11.9 Å². The van der Waals surface area contributed by atoms with Crippen LogP contribution < -0.4 is 10.6 Å². The Kier molecular flexibility index (Phi) is 6.84. The molecule has 1 atom stereocenters. The first-order valence-corrected chi connectivity index (χ1v) is 7.22. The lowest BCUT2D eigenvalue weighted by molar-refractivity contribution is -0.142. The molecule has 19 heavy (non-hydrogen) atoms. The Labute approximate surface area is 115 Å². The van der Waals surface area contributed by atoms with Gasteiger partial charge in [0.25, 0.3) is 0 Å². The summed E-state index contributed by atoms with van der Waals surface area (Å²) in [6.45, 7) is 4.48. The van der Waals surface area contributed by atoms with Crippen molar-refractivity contribution in [2.45, 2.75) is 52.0 Å². The number of hydrogen-bond donors (Lipinski definition) is 3. The first-order chi connectivity index (χ1) is 8.99. The Morgan fingerprint density at radius 3 is 2.42 bits per heavy atom. The number of carboxylic acid groups (broad SMARTS) is 1. The summed E-state index contributed by atoms with van der Waals surface area (Å²) in [7, 11) is 0. The molecule has 0 aromatic carbocycles. The first-order valence-electron chi connectivity index (χ1n) is 7.22. The summed E-state index contributed by atoms with van der Waals surface area (Å²) in [4.78, 5) is 22.7. The lowest BCUT2D eigenvalue weighted by Gasteiger charge is -2.16. The quantitative estimate of drug-likeness (QED) is 0.622. The van der Waals surface area contributed by atoms with Gasteiger partial charge in [-0.1, -0.05) is 26.7 Å². The average Bonchev–Trinajstić information content (AvgIpc) is 2.84. The van der Waals surface area contributed by atoms with E-state index in [-0.39, 0.29) is 12.5 Å². The van der Waals surface area contributed by atoms with Crippen LogP contribution in [0.3, 0.4) is 0 Å². The van der Waals surface area contributed by atoms with Crippen molar-refractivity contribution in [3.05, 3.63) is 0 Å². The van der Waals surface area contributed by atoms with Crippen molar-refractivity contribution in [2.24, 2.45) is 11.8 Å². The van der Waals surface area contributed by atoms with E-state index in [4.69, 9.17) is 5.11 Å². The molecular formula is C14H26N2O3. The second kappa shape index (κ2) is 8.15. The summed E-state index contributed by atoms with van der Waals surface area (Å²) in [5, 5.41) is 15.0. The van der Waals surface area contributed by atoms with Gasteiger partial charge in [0.05, 0.1) is 12.5 Å². The standard InChI is InChI=1S/C14H26N2O3/c1-10(2)7-11(14(18)19)8-16-13(17)9-15-12-5-3-4-6-12/h10-12,15H,3-9H2,1-2H3,(H,16,17)(H,18,19). The molecule has 5 nitrogen and oxygen atoms in total. The summed E-state index contributed by atoms with van der Waals surface area (Å²) < 4.78 is 0. The predicted molar refractivity (Wildman–Crippen MR) is 73.8 cm³/mol. The van der Waals surface area contributed by atoms with Gasteiger partial charge in [0.1, 0.15) is 0 Å². The summed E-state index contributed by atoms with van der Waals surface area (Å²) in [5.41, 5.74) is 0. The second-order valence-corrected chi connectivity index (χ2v) is 5.83. The third-order valence-corrected chi connectivity index (χ3v) is 3.56. The van der Waals surface area contributed by atoms with E-state index in [1.54, 1.807) is 0 Å². The second-order valence-electron chi connectivity index (χ2n) is 5.83. The van der Waals surface area contributed by atoms with Gasteiger partial charge in [0.2, 0.25) is 5.91 Å². The zero-order chi connectivity index (χ0) is 14.3. The monoisotopic (exact) mass is 270 g/mol. The molecule has 1 fully saturated rings. The summed E-state index contributed by atoms with van der Waals surface area (Å²) in [6, 6.07) is 0.455. The summed E-state index contributed by atoms with van der Waals surface area (Å²) >= 11 is 0. The highest BCUT2D eigenvalue weighted by atomic mass is 16.4. The molecule has 0 radical (unpaired) electrons. The molecule has 1 unspecified atom stereocenters. The van der Waals surface area contributed by atoms with E-state index in [2.05, 4.69) is 10.6 Å². The molecule has 0 bridgehead atoms. The third kappa shape index (κ3) is 6.57. The van der Waals surface area contributed by atoms with Crippen molar-refractivity contribution in [2.75, 3.05) is 13.1 Å². The van der Waals surface area contributed by atoms with Gasteiger partial charge < -0.3 is 15.7 Å². The van der Waals surface area contributed by atoms with Gasteiger partial charge in [-0.2, -0.15) is 0 Å². The Hall–Kier alpha value is -1.10. The molecule has 1 amide bonds. The molecule has 0 aromatic heterocycles. The molecule has 0 aliphatic heterocycles. The normalized spacial score (nSPS) is 17.6. The SMILES string of the molecule is CC(C)CC(CNC(=O)CNC1CCCC1)C(=O)O. The van der Waals surface area contributed by atoms with E-state index in [0.29, 0.717) is 24.9 Å². The minimum atomic E-state index is -0.835. The number of carbonyl (C=O) groups excluding carboxylic acids is 1. The number of hydrogen-bond acceptors (Lipinski definition) is 3. The summed E-state index contributed by atoms with van der Waals surface area (Å²) in [5.74, 6) is -1.12. The molecule has 0 spiro atoms. The molecule has 0 aromatic rings. The van der Waals surface area contributed by atoms with Gasteiger partial charge in [-0.3, -0.25) is 9.59 Å². The van der Waals surface area contributed by atoms with Gasteiger partial charge in [0.15, 0.2) is 0 Å². The molecule has 0 saturated heterocycles. The van der Waals surface area contributed by atoms with Crippen LogP contribution >= 0.6 is 0 Å². The molecule has 1 rings (SSSR count). The average molecular weight is 270 g/mol. The van der Waals surface area contributed by atoms with Crippen LogP contribution in [0.2, 0.25) is 0 Å². The highest BCUT2D eigenvalue weighted by Crippen LogP contribution is 2.17. The lowest BCUT2D eigenvalue weighted by Crippen LogP contribution is -2.41. The van der Waals surface area contributed by atoms with Gasteiger partial charge >= 0.3 is 5.97 Å². The van der Waals surface area contributed by atoms with Crippen molar-refractivity contribution in [3.8, 4) is 0 Å². The van der Waals surface area contributed by atoms with Gasteiger partial charge in [-0.25, -0.2) is 0 Å². The molecular weight excluding hydrogens is 244 g/mol. The van der Waals surface area contributed by atoms with E-state index in [9.17, 15) is 9.59 Å². The molecule has 1 aliphatic carbocycles. The molecule has 110 valence electrons. The van der Waals surface area contributed by atoms with E-state index >= 15 is 0 Å². The maximum absolute atomic E-state index is 11.6. The van der Waals surface area contributed by atoms with Crippen LogP contribution in [0.15, 0.2) is 0 Å². The van der Waals surface area contributed by atoms with Crippen LogP contribution in [0, 0.1) is 11.8 Å². The van der Waals surface area contributed by atoms with Crippen LogP contribution in [0.5, 0.6) is 0 Å². The van der Waals surface area contributed by atoms with Gasteiger partial charge in [0, 0.05) is 12.6 Å². The van der Waals surface area contributed by atoms with Crippen molar-refractivity contribution in [1.82, 2.24) is 10.6 Å².